The van der Waals surface area contributed by atoms with E-state index in [2.05, 4.69) is 28.1 Å². The lowest BCUT2D eigenvalue weighted by atomic mass is 10.2. The molecule has 1 aromatic carbocycles. The third-order valence-electron chi connectivity index (χ3n) is 2.88. The minimum atomic E-state index is -0.193. The maximum absolute atomic E-state index is 13.2. The average Bonchev–Trinajstić information content (AvgIpc) is 2.92. The molecule has 0 bridgehead atoms. The molecular weight excluding hydrogens is 367 g/mol. The Hall–Kier alpha value is -0.420. The minimum Gasteiger partial charge on any atom is -0.207 e. The highest BCUT2D eigenvalue weighted by molar-refractivity contribution is 9.09. The second-order valence-corrected chi connectivity index (χ2v) is 8.02. The molecule has 0 fully saturated rings. The molecule has 2 heterocycles. The molecule has 0 nitrogen and oxygen atoms in total. The first-order chi connectivity index (χ1) is 9.04. The normalized spacial score (nSPS) is 13.1. The quantitative estimate of drug-likeness (QED) is 0.446. The van der Waals surface area contributed by atoms with Crippen LogP contribution in [-0.4, -0.2) is 0 Å². The van der Waals surface area contributed by atoms with Gasteiger partial charge in [0.15, 0.2) is 0 Å². The molecule has 0 radical (unpaired) electrons. The van der Waals surface area contributed by atoms with Crippen LogP contribution in [0, 0.1) is 12.7 Å². The van der Waals surface area contributed by atoms with Crippen LogP contribution in [0.15, 0.2) is 30.3 Å². The number of rotatable bonds is 2. The Morgan fingerprint density at radius 1 is 1.16 bits per heavy atom. The van der Waals surface area contributed by atoms with Crippen molar-refractivity contribution < 1.29 is 4.39 Å². The van der Waals surface area contributed by atoms with Crippen LogP contribution in [0.3, 0.4) is 0 Å². The van der Waals surface area contributed by atoms with Crippen molar-refractivity contribution >= 4 is 60.3 Å². The standard InChI is InChI=1S/C14H9BrClFS2/c1-7-4-11(19-14(7)16)13(15)12-5-8-2-3-9(17)6-10(8)18-12/h2-6,13H,1H3. The number of aryl methyl sites for hydroxylation is 1. The Bertz CT molecular complexity index is 728. The number of benzene rings is 1. The van der Waals surface area contributed by atoms with Gasteiger partial charge in [0.05, 0.1) is 9.16 Å². The second kappa shape index (κ2) is 5.17. The Morgan fingerprint density at radius 3 is 2.58 bits per heavy atom. The summed E-state index contributed by atoms with van der Waals surface area (Å²) in [6, 6.07) is 9.08. The summed E-state index contributed by atoms with van der Waals surface area (Å²) in [6.45, 7) is 2.00. The summed E-state index contributed by atoms with van der Waals surface area (Å²) in [5, 5.41) is 1.07. The van der Waals surface area contributed by atoms with Gasteiger partial charge in [0.1, 0.15) is 5.82 Å². The lowest BCUT2D eigenvalue weighted by molar-refractivity contribution is 0.630. The first-order valence-electron chi connectivity index (χ1n) is 5.63. The number of halogens is 3. The van der Waals surface area contributed by atoms with Crippen LogP contribution in [0.4, 0.5) is 4.39 Å². The van der Waals surface area contributed by atoms with Crippen LogP contribution >= 0.6 is 50.2 Å². The van der Waals surface area contributed by atoms with Crippen LogP contribution in [-0.2, 0) is 0 Å². The van der Waals surface area contributed by atoms with Crippen molar-refractivity contribution in [2.45, 2.75) is 11.8 Å². The first kappa shape index (κ1) is 13.6. The van der Waals surface area contributed by atoms with Gasteiger partial charge in [0, 0.05) is 14.5 Å². The fourth-order valence-corrected chi connectivity index (χ4v) is 5.10. The van der Waals surface area contributed by atoms with Gasteiger partial charge in [-0.3, -0.25) is 0 Å². The third-order valence-corrected chi connectivity index (χ3v) is 7.25. The topological polar surface area (TPSA) is 0 Å². The number of fused-ring (bicyclic) bond motifs is 1. The van der Waals surface area contributed by atoms with E-state index in [1.807, 2.05) is 13.0 Å². The zero-order chi connectivity index (χ0) is 13.6. The Morgan fingerprint density at radius 2 is 1.89 bits per heavy atom. The Balaban J connectivity index is 2.03. The molecule has 0 saturated heterocycles. The van der Waals surface area contributed by atoms with Crippen molar-refractivity contribution in [3.8, 4) is 0 Å². The van der Waals surface area contributed by atoms with Gasteiger partial charge >= 0.3 is 0 Å². The molecule has 98 valence electrons. The highest BCUT2D eigenvalue weighted by Gasteiger charge is 2.17. The van der Waals surface area contributed by atoms with Gasteiger partial charge in [-0.15, -0.1) is 22.7 Å². The highest BCUT2D eigenvalue weighted by atomic mass is 79.9. The first-order valence-corrected chi connectivity index (χ1v) is 8.56. The molecule has 1 unspecified atom stereocenters. The van der Waals surface area contributed by atoms with Crippen molar-refractivity contribution in [2.75, 3.05) is 0 Å². The summed E-state index contributed by atoms with van der Waals surface area (Å²) in [4.78, 5) is 2.46. The fourth-order valence-electron chi connectivity index (χ4n) is 1.90. The van der Waals surface area contributed by atoms with Gasteiger partial charge in [-0.1, -0.05) is 33.6 Å². The number of alkyl halides is 1. The lowest BCUT2D eigenvalue weighted by Gasteiger charge is -2.03. The van der Waals surface area contributed by atoms with E-state index in [1.165, 1.54) is 15.8 Å². The van der Waals surface area contributed by atoms with Gasteiger partial charge in [-0.25, -0.2) is 4.39 Å². The monoisotopic (exact) mass is 374 g/mol. The van der Waals surface area contributed by atoms with Gasteiger partial charge in [0.25, 0.3) is 0 Å². The molecule has 3 aromatic rings. The van der Waals surface area contributed by atoms with E-state index in [0.29, 0.717) is 0 Å². The van der Waals surface area contributed by atoms with Gasteiger partial charge in [0.2, 0.25) is 0 Å². The molecule has 0 aliphatic rings. The minimum absolute atomic E-state index is 0.115. The maximum atomic E-state index is 13.2. The highest BCUT2D eigenvalue weighted by Crippen LogP contribution is 2.42. The van der Waals surface area contributed by atoms with Crippen molar-refractivity contribution in [1.29, 1.82) is 0 Å². The van der Waals surface area contributed by atoms with E-state index >= 15 is 0 Å². The predicted molar refractivity (Wildman–Crippen MR) is 86.6 cm³/mol. The second-order valence-electron chi connectivity index (χ2n) is 4.30. The average molecular weight is 376 g/mol. The zero-order valence-electron chi connectivity index (χ0n) is 9.91. The number of hydrogen-bond donors (Lipinski definition) is 0. The van der Waals surface area contributed by atoms with E-state index < -0.39 is 0 Å². The van der Waals surface area contributed by atoms with Gasteiger partial charge in [-0.05, 0) is 42.1 Å². The maximum Gasteiger partial charge on any atom is 0.124 e. The predicted octanol–water partition coefficient (Wildman–Crippen LogP) is 6.55. The van der Waals surface area contributed by atoms with Crippen molar-refractivity contribution in [3.63, 3.8) is 0 Å². The molecule has 0 aliphatic carbocycles. The van der Waals surface area contributed by atoms with Crippen LogP contribution < -0.4 is 0 Å². The molecule has 19 heavy (non-hydrogen) atoms. The van der Waals surface area contributed by atoms with E-state index in [9.17, 15) is 4.39 Å². The van der Waals surface area contributed by atoms with E-state index in [4.69, 9.17) is 11.6 Å². The van der Waals surface area contributed by atoms with Gasteiger partial charge in [-0.2, -0.15) is 0 Å². The molecule has 3 rings (SSSR count). The van der Waals surface area contributed by atoms with Gasteiger partial charge < -0.3 is 0 Å². The smallest absolute Gasteiger partial charge is 0.124 e. The molecule has 0 aliphatic heterocycles. The molecular formula is C14H9BrClFS2. The van der Waals surface area contributed by atoms with E-state index in [-0.39, 0.29) is 10.6 Å². The Labute approximate surface area is 132 Å². The van der Waals surface area contributed by atoms with E-state index in [1.54, 1.807) is 28.7 Å². The molecule has 5 heteroatoms. The summed E-state index contributed by atoms with van der Waals surface area (Å²) in [5.74, 6) is -0.193. The molecule has 0 N–H and O–H groups in total. The zero-order valence-corrected chi connectivity index (χ0v) is 13.9. The molecule has 0 saturated carbocycles. The molecule has 2 aromatic heterocycles. The summed E-state index contributed by atoms with van der Waals surface area (Å²) in [6.07, 6.45) is 0. The van der Waals surface area contributed by atoms with Crippen LogP contribution in [0.5, 0.6) is 0 Å². The molecule has 1 atom stereocenters. The number of hydrogen-bond acceptors (Lipinski definition) is 2. The lowest BCUT2D eigenvalue weighted by Crippen LogP contribution is -1.83. The summed E-state index contributed by atoms with van der Waals surface area (Å²) < 4.78 is 15.0. The van der Waals surface area contributed by atoms with Crippen LogP contribution in [0.1, 0.15) is 20.1 Å². The summed E-state index contributed by atoms with van der Waals surface area (Å²) in [5.41, 5.74) is 1.10. The SMILES string of the molecule is Cc1cc(C(Br)c2cc3ccc(F)cc3s2)sc1Cl. The van der Waals surface area contributed by atoms with Crippen LogP contribution in [0.25, 0.3) is 10.1 Å². The van der Waals surface area contributed by atoms with Crippen molar-refractivity contribution in [3.05, 3.63) is 55.8 Å². The summed E-state index contributed by atoms with van der Waals surface area (Å²) in [7, 11) is 0. The van der Waals surface area contributed by atoms with Crippen molar-refractivity contribution in [2.24, 2.45) is 0 Å². The fraction of sp³-hybridized carbons (Fsp3) is 0.143. The summed E-state index contributed by atoms with van der Waals surface area (Å²) >= 11 is 13.0. The molecule has 0 amide bonds. The Kier molecular flexibility index (Phi) is 3.69. The van der Waals surface area contributed by atoms with E-state index in [0.717, 1.165) is 20.0 Å². The third kappa shape index (κ3) is 2.59. The number of thiophene rings is 2. The van der Waals surface area contributed by atoms with Crippen LogP contribution in [0.2, 0.25) is 4.34 Å². The largest absolute Gasteiger partial charge is 0.207 e. The molecule has 0 spiro atoms. The van der Waals surface area contributed by atoms with Crippen molar-refractivity contribution in [1.82, 2.24) is 0 Å².